The Morgan fingerprint density at radius 1 is 1.38 bits per heavy atom. The van der Waals surface area contributed by atoms with Gasteiger partial charge in [0.25, 0.3) is 0 Å². The van der Waals surface area contributed by atoms with Gasteiger partial charge in [-0.2, -0.15) is 0 Å². The predicted molar refractivity (Wildman–Crippen MR) is 69.3 cm³/mol. The van der Waals surface area contributed by atoms with E-state index < -0.39 is 0 Å². The standard InChI is InChI=1S/C13H18BrNO/c14-12-5-2-1-4-10(12)11(8-15)13(9-16)6-3-7-13/h1-2,4-5,11,16H,3,6-9,15H2/t11-/m1/s1. The van der Waals surface area contributed by atoms with Crippen LogP contribution in [0.5, 0.6) is 0 Å². The van der Waals surface area contributed by atoms with Gasteiger partial charge in [-0.1, -0.05) is 40.5 Å². The van der Waals surface area contributed by atoms with Crippen molar-refractivity contribution in [3.05, 3.63) is 34.3 Å². The Bertz CT molecular complexity index is 357. The topological polar surface area (TPSA) is 46.2 Å². The number of rotatable bonds is 4. The van der Waals surface area contributed by atoms with Gasteiger partial charge in [0.1, 0.15) is 0 Å². The molecule has 0 bridgehead atoms. The molecular weight excluding hydrogens is 266 g/mol. The van der Waals surface area contributed by atoms with Crippen LogP contribution in [0.25, 0.3) is 0 Å². The first kappa shape index (κ1) is 12.1. The van der Waals surface area contributed by atoms with Gasteiger partial charge in [0, 0.05) is 22.4 Å². The van der Waals surface area contributed by atoms with Crippen molar-refractivity contribution in [2.24, 2.45) is 11.1 Å². The van der Waals surface area contributed by atoms with Gasteiger partial charge in [0.05, 0.1) is 0 Å². The molecule has 0 heterocycles. The van der Waals surface area contributed by atoms with Gasteiger partial charge in [-0.15, -0.1) is 0 Å². The molecule has 1 aliphatic rings. The van der Waals surface area contributed by atoms with Crippen molar-refractivity contribution in [3.8, 4) is 0 Å². The molecule has 0 aromatic heterocycles. The average Bonchev–Trinajstić information content (AvgIpc) is 2.25. The molecule has 0 saturated heterocycles. The Hall–Kier alpha value is -0.380. The summed E-state index contributed by atoms with van der Waals surface area (Å²) >= 11 is 3.58. The summed E-state index contributed by atoms with van der Waals surface area (Å²) in [5, 5.41) is 9.62. The Kier molecular flexibility index (Phi) is 3.67. The Morgan fingerprint density at radius 3 is 2.50 bits per heavy atom. The van der Waals surface area contributed by atoms with Crippen LogP contribution in [-0.4, -0.2) is 18.3 Å². The van der Waals surface area contributed by atoms with Gasteiger partial charge >= 0.3 is 0 Å². The van der Waals surface area contributed by atoms with Crippen LogP contribution in [0.4, 0.5) is 0 Å². The van der Waals surface area contributed by atoms with E-state index >= 15 is 0 Å². The summed E-state index contributed by atoms with van der Waals surface area (Å²) in [6, 6.07) is 8.19. The van der Waals surface area contributed by atoms with E-state index in [4.69, 9.17) is 5.73 Å². The SMILES string of the molecule is NC[C@H](c1ccccc1Br)C1(CO)CCC1. The van der Waals surface area contributed by atoms with Crippen LogP contribution in [-0.2, 0) is 0 Å². The van der Waals surface area contributed by atoms with Gasteiger partial charge in [0.15, 0.2) is 0 Å². The maximum absolute atomic E-state index is 9.62. The summed E-state index contributed by atoms with van der Waals surface area (Å²) in [4.78, 5) is 0. The lowest BCUT2D eigenvalue weighted by molar-refractivity contribution is 0.0190. The zero-order chi connectivity index (χ0) is 11.6. The van der Waals surface area contributed by atoms with Crippen LogP contribution >= 0.6 is 15.9 Å². The number of halogens is 1. The number of benzene rings is 1. The van der Waals surface area contributed by atoms with Crippen molar-refractivity contribution < 1.29 is 5.11 Å². The molecule has 16 heavy (non-hydrogen) atoms. The summed E-state index contributed by atoms with van der Waals surface area (Å²) in [6.07, 6.45) is 3.39. The minimum atomic E-state index is 0.0264. The summed E-state index contributed by atoms with van der Waals surface area (Å²) in [5.74, 6) is 0.266. The van der Waals surface area contributed by atoms with E-state index in [1.165, 1.54) is 12.0 Å². The van der Waals surface area contributed by atoms with Gasteiger partial charge in [-0.05, 0) is 31.0 Å². The van der Waals surface area contributed by atoms with Gasteiger partial charge in [-0.25, -0.2) is 0 Å². The van der Waals surface area contributed by atoms with Crippen molar-refractivity contribution in [3.63, 3.8) is 0 Å². The largest absolute Gasteiger partial charge is 0.396 e. The van der Waals surface area contributed by atoms with Crippen LogP contribution < -0.4 is 5.73 Å². The first-order valence-corrected chi connectivity index (χ1v) is 6.58. The maximum atomic E-state index is 9.62. The van der Waals surface area contributed by atoms with E-state index in [9.17, 15) is 5.11 Å². The van der Waals surface area contributed by atoms with E-state index in [0.717, 1.165) is 17.3 Å². The number of aliphatic hydroxyl groups is 1. The summed E-state index contributed by atoms with van der Waals surface area (Å²) in [7, 11) is 0. The monoisotopic (exact) mass is 283 g/mol. The van der Waals surface area contributed by atoms with Crippen LogP contribution in [0.1, 0.15) is 30.7 Å². The van der Waals surface area contributed by atoms with Crippen LogP contribution in [0.2, 0.25) is 0 Å². The molecule has 0 spiro atoms. The van der Waals surface area contributed by atoms with Gasteiger partial charge in [-0.3, -0.25) is 0 Å². The molecule has 1 aliphatic carbocycles. The molecule has 3 N–H and O–H groups in total. The van der Waals surface area contributed by atoms with Crippen molar-refractivity contribution in [2.75, 3.05) is 13.2 Å². The molecule has 0 aliphatic heterocycles. The molecule has 0 amide bonds. The molecule has 1 aromatic rings. The van der Waals surface area contributed by atoms with Crippen molar-refractivity contribution >= 4 is 15.9 Å². The molecule has 88 valence electrons. The molecule has 1 aromatic carbocycles. The second kappa shape index (κ2) is 4.86. The third-order valence-corrected chi connectivity index (χ3v) is 4.64. The molecular formula is C13H18BrNO. The first-order valence-electron chi connectivity index (χ1n) is 5.79. The third-order valence-electron chi connectivity index (χ3n) is 3.92. The quantitative estimate of drug-likeness (QED) is 0.893. The highest BCUT2D eigenvalue weighted by Crippen LogP contribution is 2.51. The molecule has 1 atom stereocenters. The van der Waals surface area contributed by atoms with E-state index in [2.05, 4.69) is 22.0 Å². The highest BCUT2D eigenvalue weighted by molar-refractivity contribution is 9.10. The van der Waals surface area contributed by atoms with Crippen molar-refractivity contribution in [2.45, 2.75) is 25.2 Å². The second-order valence-corrected chi connectivity index (χ2v) is 5.54. The number of hydrogen-bond acceptors (Lipinski definition) is 2. The summed E-state index contributed by atoms with van der Waals surface area (Å²) < 4.78 is 1.10. The molecule has 2 nitrogen and oxygen atoms in total. The smallest absolute Gasteiger partial charge is 0.0493 e. The van der Waals surface area contributed by atoms with E-state index in [0.29, 0.717) is 6.54 Å². The predicted octanol–water partition coefficient (Wildman–Crippen LogP) is 2.65. The summed E-state index contributed by atoms with van der Waals surface area (Å²) in [5.41, 5.74) is 7.17. The fourth-order valence-corrected chi connectivity index (χ4v) is 3.27. The lowest BCUT2D eigenvalue weighted by atomic mass is 9.60. The normalized spacial score (nSPS) is 20.2. The van der Waals surface area contributed by atoms with Gasteiger partial charge < -0.3 is 10.8 Å². The van der Waals surface area contributed by atoms with Crippen LogP contribution in [0.3, 0.4) is 0 Å². The molecule has 2 rings (SSSR count). The van der Waals surface area contributed by atoms with E-state index in [-0.39, 0.29) is 17.9 Å². The molecule has 0 radical (unpaired) electrons. The summed E-state index contributed by atoms with van der Waals surface area (Å²) in [6.45, 7) is 0.847. The fraction of sp³-hybridized carbons (Fsp3) is 0.538. The lowest BCUT2D eigenvalue weighted by Crippen LogP contribution is -2.42. The molecule has 3 heteroatoms. The number of nitrogens with two attached hydrogens (primary N) is 1. The lowest BCUT2D eigenvalue weighted by Gasteiger charge is -2.46. The minimum Gasteiger partial charge on any atom is -0.396 e. The zero-order valence-corrected chi connectivity index (χ0v) is 10.9. The molecule has 1 fully saturated rings. The highest BCUT2D eigenvalue weighted by atomic mass is 79.9. The Morgan fingerprint density at radius 2 is 2.06 bits per heavy atom. The van der Waals surface area contributed by atoms with Gasteiger partial charge in [0.2, 0.25) is 0 Å². The number of hydrogen-bond donors (Lipinski definition) is 2. The van der Waals surface area contributed by atoms with E-state index in [1.807, 2.05) is 18.2 Å². The van der Waals surface area contributed by atoms with Crippen molar-refractivity contribution in [1.29, 1.82) is 0 Å². The average molecular weight is 284 g/mol. The number of aliphatic hydroxyl groups excluding tert-OH is 1. The Balaban J connectivity index is 2.32. The first-order chi connectivity index (χ1) is 7.73. The minimum absolute atomic E-state index is 0.0264. The van der Waals surface area contributed by atoms with E-state index in [1.54, 1.807) is 0 Å². The van der Waals surface area contributed by atoms with Crippen LogP contribution in [0, 0.1) is 5.41 Å². The van der Waals surface area contributed by atoms with Crippen LogP contribution in [0.15, 0.2) is 28.7 Å². The maximum Gasteiger partial charge on any atom is 0.0493 e. The molecule has 0 unspecified atom stereocenters. The third kappa shape index (κ3) is 1.92. The van der Waals surface area contributed by atoms with Crippen molar-refractivity contribution in [1.82, 2.24) is 0 Å². The zero-order valence-electron chi connectivity index (χ0n) is 9.32. The fourth-order valence-electron chi connectivity index (χ4n) is 2.71. The Labute approximate surface area is 105 Å². The highest BCUT2D eigenvalue weighted by Gasteiger charge is 2.43. The molecule has 1 saturated carbocycles. The second-order valence-electron chi connectivity index (χ2n) is 4.68.